The largest absolute Gasteiger partial charge is 0.543 e. The van der Waals surface area contributed by atoms with Crippen LogP contribution in [-0.2, 0) is 22.9 Å². The Balaban J connectivity index is 1.64. The molecule has 218 valence electrons. The summed E-state index contributed by atoms with van der Waals surface area (Å²) in [7, 11) is -2.70. The van der Waals surface area contributed by atoms with Crippen LogP contribution in [0.25, 0.3) is 0 Å². The number of nitrogens with one attached hydrogen (secondary N) is 2. The van der Waals surface area contributed by atoms with E-state index in [2.05, 4.69) is 17.2 Å². The molecule has 0 spiro atoms. The second-order valence-electron chi connectivity index (χ2n) is 9.49. The van der Waals surface area contributed by atoms with Crippen molar-refractivity contribution in [2.75, 3.05) is 13.7 Å². The molecule has 0 saturated carbocycles. The summed E-state index contributed by atoms with van der Waals surface area (Å²) in [5.41, 5.74) is 1.27. The van der Waals surface area contributed by atoms with Gasteiger partial charge in [0.05, 0.1) is 29.2 Å². The van der Waals surface area contributed by atoms with Crippen molar-refractivity contribution in [3.05, 3.63) is 88.7 Å². The van der Waals surface area contributed by atoms with Crippen molar-refractivity contribution in [2.45, 2.75) is 56.8 Å². The first-order valence-electron chi connectivity index (χ1n) is 13.4. The van der Waals surface area contributed by atoms with Gasteiger partial charge in [0, 0.05) is 18.3 Å². The number of carboxylic acid groups (broad SMARTS) is 1. The molecular formula is C30H34N3O7S-. The lowest BCUT2D eigenvalue weighted by molar-refractivity contribution is -0.255. The lowest BCUT2D eigenvalue weighted by atomic mass is 10.0. The summed E-state index contributed by atoms with van der Waals surface area (Å²) in [5.74, 6) is -2.06. The number of hydrogen-bond acceptors (Lipinski definition) is 8. The highest BCUT2D eigenvalue weighted by atomic mass is 32.2. The molecule has 2 N–H and O–H groups in total. The molecule has 11 heteroatoms. The molecular weight excluding hydrogens is 546 g/mol. The number of unbranched alkanes of at least 4 members (excludes halogenated alkanes) is 4. The van der Waals surface area contributed by atoms with Crippen molar-refractivity contribution in [3.63, 3.8) is 0 Å². The quantitative estimate of drug-likeness (QED) is 0.260. The number of hydrogen-bond donors (Lipinski definition) is 2. The minimum atomic E-state index is -4.29. The van der Waals surface area contributed by atoms with Crippen LogP contribution in [-0.4, -0.2) is 44.8 Å². The molecule has 10 nitrogen and oxygen atoms in total. The standard InChI is InChI=1S/C30H35N3O7S/c1-3-4-5-6-7-10-23-19-27(30(36)37)32-20-26(23)29(35)33-41(38,39)25-14-12-22(13-15-25)28(34)31-17-16-21-9-8-11-24(18-21)40-2/h8-9,11-15,18-20H,3-7,10,16-17H2,1-2H3,(H,31,34)(H,33,35)(H,36,37)/p-1. The van der Waals surface area contributed by atoms with Crippen molar-refractivity contribution in [1.29, 1.82) is 0 Å². The van der Waals surface area contributed by atoms with Crippen LogP contribution < -0.4 is 19.9 Å². The van der Waals surface area contributed by atoms with E-state index >= 15 is 0 Å². The number of ether oxygens (including phenoxy) is 1. The number of carboxylic acids is 1. The van der Waals surface area contributed by atoms with E-state index in [-0.39, 0.29) is 27.6 Å². The topological polar surface area (TPSA) is 155 Å². The van der Waals surface area contributed by atoms with Gasteiger partial charge in [-0.05, 0) is 72.9 Å². The summed E-state index contributed by atoms with van der Waals surface area (Å²) < 4.78 is 33.1. The molecule has 0 aliphatic rings. The summed E-state index contributed by atoms with van der Waals surface area (Å²) in [6.45, 7) is 2.46. The van der Waals surface area contributed by atoms with Gasteiger partial charge < -0.3 is 20.0 Å². The van der Waals surface area contributed by atoms with Crippen molar-refractivity contribution < 1.29 is 32.6 Å². The Kier molecular flexibility index (Phi) is 11.4. The average Bonchev–Trinajstić information content (AvgIpc) is 2.96. The Bertz CT molecular complexity index is 1470. The van der Waals surface area contributed by atoms with Gasteiger partial charge >= 0.3 is 0 Å². The van der Waals surface area contributed by atoms with Gasteiger partial charge in [-0.2, -0.15) is 0 Å². The molecule has 0 atom stereocenters. The van der Waals surface area contributed by atoms with Crippen molar-refractivity contribution in [3.8, 4) is 5.75 Å². The van der Waals surface area contributed by atoms with E-state index in [0.29, 0.717) is 31.4 Å². The van der Waals surface area contributed by atoms with Crippen LogP contribution in [0.15, 0.2) is 65.7 Å². The van der Waals surface area contributed by atoms with Crippen LogP contribution in [0.2, 0.25) is 0 Å². The monoisotopic (exact) mass is 580 g/mol. The zero-order valence-corrected chi connectivity index (χ0v) is 24.0. The maximum absolute atomic E-state index is 13.0. The third-order valence-electron chi connectivity index (χ3n) is 6.48. The van der Waals surface area contributed by atoms with Crippen molar-refractivity contribution >= 4 is 27.8 Å². The van der Waals surface area contributed by atoms with Gasteiger partial charge in [-0.3, -0.25) is 14.6 Å². The third kappa shape index (κ3) is 9.14. The second-order valence-corrected chi connectivity index (χ2v) is 11.2. The SMILES string of the molecule is CCCCCCCc1cc(C(=O)[O-])ncc1C(=O)NS(=O)(=O)c1ccc(C(=O)NCCc2cccc(OC)c2)cc1. The van der Waals surface area contributed by atoms with E-state index in [9.17, 15) is 27.9 Å². The molecule has 0 bridgehead atoms. The molecule has 0 unspecified atom stereocenters. The molecule has 3 rings (SSSR count). The molecule has 2 aromatic carbocycles. The van der Waals surface area contributed by atoms with Crippen molar-refractivity contribution in [2.24, 2.45) is 0 Å². The number of sulfonamides is 1. The Morgan fingerprint density at radius 2 is 1.66 bits per heavy atom. The van der Waals surface area contributed by atoms with Gasteiger partial charge in [0.15, 0.2) is 0 Å². The summed E-state index contributed by atoms with van der Waals surface area (Å²) >= 11 is 0. The highest BCUT2D eigenvalue weighted by molar-refractivity contribution is 7.90. The number of benzene rings is 2. The predicted octanol–water partition coefficient (Wildman–Crippen LogP) is 3.06. The first kappa shape index (κ1) is 31.3. The fourth-order valence-electron chi connectivity index (χ4n) is 4.21. The van der Waals surface area contributed by atoms with Crippen LogP contribution in [0.4, 0.5) is 0 Å². The number of aromatic nitrogens is 1. The number of carbonyl (C=O) groups is 3. The highest BCUT2D eigenvalue weighted by Crippen LogP contribution is 2.17. The van der Waals surface area contributed by atoms with E-state index < -0.39 is 21.9 Å². The average molecular weight is 581 g/mol. The maximum atomic E-state index is 13.0. The molecule has 0 fully saturated rings. The van der Waals surface area contributed by atoms with E-state index in [1.54, 1.807) is 7.11 Å². The zero-order chi connectivity index (χ0) is 29.8. The smallest absolute Gasteiger partial charge is 0.266 e. The maximum Gasteiger partial charge on any atom is 0.266 e. The first-order valence-corrected chi connectivity index (χ1v) is 14.9. The first-order chi connectivity index (χ1) is 19.6. The zero-order valence-electron chi connectivity index (χ0n) is 23.1. The predicted molar refractivity (Wildman–Crippen MR) is 151 cm³/mol. The summed E-state index contributed by atoms with van der Waals surface area (Å²) in [6, 6.07) is 13.9. The Labute approximate surface area is 240 Å². The highest BCUT2D eigenvalue weighted by Gasteiger charge is 2.22. The number of aromatic carboxylic acids is 1. The van der Waals surface area contributed by atoms with Gasteiger partial charge in [0.1, 0.15) is 5.75 Å². The Hall–Kier alpha value is -4.25. The van der Waals surface area contributed by atoms with Gasteiger partial charge in [-0.25, -0.2) is 13.1 Å². The number of rotatable bonds is 15. The molecule has 41 heavy (non-hydrogen) atoms. The lowest BCUT2D eigenvalue weighted by Crippen LogP contribution is -2.32. The number of amides is 2. The van der Waals surface area contributed by atoms with Crippen LogP contribution in [0.3, 0.4) is 0 Å². The van der Waals surface area contributed by atoms with E-state index in [0.717, 1.165) is 43.2 Å². The number of pyridine rings is 1. The molecule has 1 aromatic heterocycles. The van der Waals surface area contributed by atoms with Gasteiger partial charge in [0.25, 0.3) is 21.8 Å². The van der Waals surface area contributed by atoms with Crippen LogP contribution >= 0.6 is 0 Å². The number of nitrogens with zero attached hydrogens (tertiary/aromatic N) is 1. The molecule has 0 saturated heterocycles. The number of aryl methyl sites for hydroxylation is 1. The summed E-state index contributed by atoms with van der Waals surface area (Å²) in [4.78, 5) is 40.3. The minimum absolute atomic E-state index is 0.0268. The number of methoxy groups -OCH3 is 1. The molecule has 1 heterocycles. The molecule has 2 amide bonds. The fourth-order valence-corrected chi connectivity index (χ4v) is 5.18. The number of carbonyl (C=O) groups excluding carboxylic acids is 3. The van der Waals surface area contributed by atoms with E-state index in [1.165, 1.54) is 30.3 Å². The van der Waals surface area contributed by atoms with Gasteiger partial charge in [0.2, 0.25) is 0 Å². The van der Waals surface area contributed by atoms with Crippen LogP contribution in [0, 0.1) is 0 Å². The minimum Gasteiger partial charge on any atom is -0.543 e. The molecule has 0 radical (unpaired) electrons. The van der Waals surface area contributed by atoms with Gasteiger partial charge in [-0.1, -0.05) is 44.7 Å². The summed E-state index contributed by atoms with van der Waals surface area (Å²) in [5, 5.41) is 14.1. The van der Waals surface area contributed by atoms with Crippen molar-refractivity contribution in [1.82, 2.24) is 15.0 Å². The normalized spacial score (nSPS) is 11.1. The molecule has 3 aromatic rings. The second kappa shape index (κ2) is 14.9. The van der Waals surface area contributed by atoms with E-state index in [1.807, 2.05) is 29.0 Å². The fraction of sp³-hybridized carbons (Fsp3) is 0.333. The molecule has 0 aliphatic heterocycles. The molecule has 0 aliphatic carbocycles. The Morgan fingerprint density at radius 3 is 2.34 bits per heavy atom. The van der Waals surface area contributed by atoms with Crippen LogP contribution in [0.5, 0.6) is 5.75 Å². The van der Waals surface area contributed by atoms with Crippen LogP contribution in [0.1, 0.15) is 81.4 Å². The van der Waals surface area contributed by atoms with E-state index in [4.69, 9.17) is 4.74 Å². The van der Waals surface area contributed by atoms with Gasteiger partial charge in [-0.15, -0.1) is 0 Å². The Morgan fingerprint density at radius 1 is 0.927 bits per heavy atom. The lowest BCUT2D eigenvalue weighted by Gasteiger charge is -2.13. The third-order valence-corrected chi connectivity index (χ3v) is 7.83. The summed E-state index contributed by atoms with van der Waals surface area (Å²) in [6.07, 6.45) is 6.74.